The molecule has 24 heavy (non-hydrogen) atoms. The highest BCUT2D eigenvalue weighted by Gasteiger charge is 2.29. The Morgan fingerprint density at radius 1 is 1.29 bits per heavy atom. The lowest BCUT2D eigenvalue weighted by molar-refractivity contribution is -0.135. The van der Waals surface area contributed by atoms with Crippen molar-refractivity contribution in [2.24, 2.45) is 0 Å². The summed E-state index contributed by atoms with van der Waals surface area (Å²) < 4.78 is 1.91. The van der Waals surface area contributed by atoms with Crippen molar-refractivity contribution in [3.8, 4) is 0 Å². The molecule has 0 radical (unpaired) electrons. The Hall–Kier alpha value is -2.44. The number of fused-ring (bicyclic) bond motifs is 1. The topological polar surface area (TPSA) is 67.2 Å². The molecule has 0 saturated heterocycles. The van der Waals surface area contributed by atoms with Crippen molar-refractivity contribution < 1.29 is 4.79 Å². The molecule has 128 valence electrons. The van der Waals surface area contributed by atoms with E-state index in [0.29, 0.717) is 13.1 Å². The summed E-state index contributed by atoms with van der Waals surface area (Å²) in [5, 5.41) is 0. The molecule has 0 N–H and O–H groups in total. The second-order valence-corrected chi connectivity index (χ2v) is 6.48. The van der Waals surface area contributed by atoms with Crippen molar-refractivity contribution in [1.82, 2.24) is 24.4 Å². The van der Waals surface area contributed by atoms with Gasteiger partial charge in [-0.3, -0.25) is 4.79 Å². The third kappa shape index (κ3) is 2.86. The molecule has 1 atom stereocenters. The van der Waals surface area contributed by atoms with Gasteiger partial charge in [-0.1, -0.05) is 0 Å². The van der Waals surface area contributed by atoms with Gasteiger partial charge in [-0.05, 0) is 27.2 Å². The maximum atomic E-state index is 12.9. The van der Waals surface area contributed by atoms with Crippen molar-refractivity contribution in [2.75, 3.05) is 25.5 Å². The number of aryl methyl sites for hydroxylation is 2. The average molecular weight is 328 g/mol. The van der Waals surface area contributed by atoms with Gasteiger partial charge in [0.2, 0.25) is 5.91 Å². The van der Waals surface area contributed by atoms with Gasteiger partial charge < -0.3 is 14.4 Å². The standard InChI is InChI=1S/C17H24N6O/c1-11(23-9-7-18-13(23)3)17(24)22-8-6-14-15(10-22)19-12(2)20-16(14)21(4)5/h7,9,11H,6,8,10H2,1-5H3/t11-/m0/s1. The quantitative estimate of drug-likeness (QED) is 0.854. The Labute approximate surface area is 142 Å². The van der Waals surface area contributed by atoms with Gasteiger partial charge in [0, 0.05) is 38.6 Å². The Bertz CT molecular complexity index is 766. The number of hydrogen-bond acceptors (Lipinski definition) is 5. The van der Waals surface area contributed by atoms with Crippen LogP contribution in [0, 0.1) is 13.8 Å². The van der Waals surface area contributed by atoms with E-state index in [-0.39, 0.29) is 11.9 Å². The second-order valence-electron chi connectivity index (χ2n) is 6.48. The molecule has 1 aliphatic heterocycles. The molecular formula is C17H24N6O. The third-order valence-corrected chi connectivity index (χ3v) is 4.53. The highest BCUT2D eigenvalue weighted by molar-refractivity contribution is 5.80. The lowest BCUT2D eigenvalue weighted by Crippen LogP contribution is -2.41. The summed E-state index contributed by atoms with van der Waals surface area (Å²) in [6.07, 6.45) is 4.36. The van der Waals surface area contributed by atoms with Gasteiger partial charge in [0.05, 0.1) is 12.2 Å². The zero-order valence-corrected chi connectivity index (χ0v) is 14.9. The number of anilines is 1. The molecule has 3 rings (SSSR count). The smallest absolute Gasteiger partial charge is 0.245 e. The Kier molecular flexibility index (Phi) is 4.26. The van der Waals surface area contributed by atoms with Gasteiger partial charge in [0.15, 0.2) is 0 Å². The van der Waals surface area contributed by atoms with Crippen LogP contribution in [0.15, 0.2) is 12.4 Å². The molecule has 7 nitrogen and oxygen atoms in total. The first-order valence-corrected chi connectivity index (χ1v) is 8.20. The third-order valence-electron chi connectivity index (χ3n) is 4.53. The summed E-state index contributed by atoms with van der Waals surface area (Å²) >= 11 is 0. The van der Waals surface area contributed by atoms with Crippen molar-refractivity contribution in [3.05, 3.63) is 35.3 Å². The fraction of sp³-hybridized carbons (Fsp3) is 0.529. The molecule has 2 aromatic rings. The predicted molar refractivity (Wildman–Crippen MR) is 91.9 cm³/mol. The van der Waals surface area contributed by atoms with Gasteiger partial charge in [0.1, 0.15) is 23.5 Å². The molecular weight excluding hydrogens is 304 g/mol. The normalized spacial score (nSPS) is 15.1. The summed E-state index contributed by atoms with van der Waals surface area (Å²) in [6, 6.07) is -0.259. The molecule has 0 aromatic carbocycles. The van der Waals surface area contributed by atoms with Crippen LogP contribution in [-0.4, -0.2) is 51.0 Å². The number of carbonyl (C=O) groups excluding carboxylic acids is 1. The fourth-order valence-corrected chi connectivity index (χ4v) is 3.27. The van der Waals surface area contributed by atoms with E-state index in [1.54, 1.807) is 6.20 Å². The molecule has 0 unspecified atom stereocenters. The van der Waals surface area contributed by atoms with Gasteiger partial charge in [-0.15, -0.1) is 0 Å². The molecule has 1 amide bonds. The molecule has 0 bridgehead atoms. The summed E-state index contributed by atoms with van der Waals surface area (Å²) in [6.45, 7) is 6.96. The van der Waals surface area contributed by atoms with Crippen LogP contribution in [-0.2, 0) is 17.8 Å². The zero-order chi connectivity index (χ0) is 17.4. The van der Waals surface area contributed by atoms with Crippen LogP contribution in [0.2, 0.25) is 0 Å². The van der Waals surface area contributed by atoms with Gasteiger partial charge in [-0.25, -0.2) is 15.0 Å². The van der Waals surface area contributed by atoms with Crippen LogP contribution in [0.3, 0.4) is 0 Å². The highest BCUT2D eigenvalue weighted by Crippen LogP contribution is 2.26. The van der Waals surface area contributed by atoms with E-state index < -0.39 is 0 Å². The van der Waals surface area contributed by atoms with Crippen LogP contribution in [0.25, 0.3) is 0 Å². The SMILES string of the molecule is Cc1nc2c(c(N(C)C)n1)CCN(C(=O)[C@H](C)n1ccnc1C)C2. The first-order chi connectivity index (χ1) is 11.4. The minimum atomic E-state index is -0.259. The summed E-state index contributed by atoms with van der Waals surface area (Å²) in [7, 11) is 3.98. The molecule has 0 aliphatic carbocycles. The zero-order valence-electron chi connectivity index (χ0n) is 14.9. The maximum Gasteiger partial charge on any atom is 0.245 e. The molecule has 3 heterocycles. The first kappa shape index (κ1) is 16.4. The number of aromatic nitrogens is 4. The molecule has 7 heteroatoms. The van der Waals surface area contributed by atoms with Crippen molar-refractivity contribution in [3.63, 3.8) is 0 Å². The van der Waals surface area contributed by atoms with Gasteiger partial charge in [-0.2, -0.15) is 0 Å². The van der Waals surface area contributed by atoms with E-state index in [2.05, 4.69) is 15.0 Å². The molecule has 0 fully saturated rings. The van der Waals surface area contributed by atoms with E-state index in [1.165, 1.54) is 0 Å². The molecule has 0 saturated carbocycles. The number of carbonyl (C=O) groups is 1. The Morgan fingerprint density at radius 3 is 2.67 bits per heavy atom. The lowest BCUT2D eigenvalue weighted by atomic mass is 10.0. The second kappa shape index (κ2) is 6.22. The Morgan fingerprint density at radius 2 is 2.04 bits per heavy atom. The largest absolute Gasteiger partial charge is 0.362 e. The summed E-state index contributed by atoms with van der Waals surface area (Å²) in [5.41, 5.74) is 2.11. The van der Waals surface area contributed by atoms with Crippen molar-refractivity contribution in [1.29, 1.82) is 0 Å². The number of hydrogen-bond donors (Lipinski definition) is 0. The summed E-state index contributed by atoms with van der Waals surface area (Å²) in [5.74, 6) is 2.65. The van der Waals surface area contributed by atoms with E-state index >= 15 is 0 Å². The van der Waals surface area contributed by atoms with Crippen molar-refractivity contribution in [2.45, 2.75) is 39.8 Å². The predicted octanol–water partition coefficient (Wildman–Crippen LogP) is 1.50. The average Bonchev–Trinajstić information content (AvgIpc) is 2.97. The lowest BCUT2D eigenvalue weighted by Gasteiger charge is -2.32. The van der Waals surface area contributed by atoms with E-state index in [1.807, 2.05) is 55.4 Å². The van der Waals surface area contributed by atoms with Crippen molar-refractivity contribution >= 4 is 11.7 Å². The van der Waals surface area contributed by atoms with Crippen LogP contribution in [0.1, 0.15) is 35.9 Å². The highest BCUT2D eigenvalue weighted by atomic mass is 16.2. The summed E-state index contributed by atoms with van der Waals surface area (Å²) in [4.78, 5) is 30.1. The van der Waals surface area contributed by atoms with E-state index in [0.717, 1.165) is 35.1 Å². The minimum absolute atomic E-state index is 0.101. The van der Waals surface area contributed by atoms with E-state index in [9.17, 15) is 4.79 Å². The minimum Gasteiger partial charge on any atom is -0.362 e. The fourth-order valence-electron chi connectivity index (χ4n) is 3.27. The van der Waals surface area contributed by atoms with Gasteiger partial charge in [0.25, 0.3) is 0 Å². The van der Waals surface area contributed by atoms with Crippen LogP contribution < -0.4 is 4.90 Å². The number of rotatable bonds is 3. The number of nitrogens with zero attached hydrogens (tertiary/aromatic N) is 6. The number of amides is 1. The maximum absolute atomic E-state index is 12.9. The Balaban J connectivity index is 1.85. The monoisotopic (exact) mass is 328 g/mol. The van der Waals surface area contributed by atoms with E-state index in [4.69, 9.17) is 0 Å². The first-order valence-electron chi connectivity index (χ1n) is 8.20. The van der Waals surface area contributed by atoms with Crippen LogP contribution >= 0.6 is 0 Å². The van der Waals surface area contributed by atoms with Crippen LogP contribution in [0.4, 0.5) is 5.82 Å². The number of imidazole rings is 1. The van der Waals surface area contributed by atoms with Crippen LogP contribution in [0.5, 0.6) is 0 Å². The molecule has 2 aromatic heterocycles. The van der Waals surface area contributed by atoms with Gasteiger partial charge >= 0.3 is 0 Å². The molecule has 0 spiro atoms. The molecule has 1 aliphatic rings.